The molecule has 1 aliphatic rings. The number of carbonyl (C=O) groups excluding carboxylic acids is 1. The lowest BCUT2D eigenvalue weighted by Crippen LogP contribution is -2.46. The molecule has 0 radical (unpaired) electrons. The van der Waals surface area contributed by atoms with Gasteiger partial charge < -0.3 is 19.7 Å². The molecule has 1 aromatic carbocycles. The Hall–Kier alpha value is -1.35. The molecule has 0 amide bonds. The van der Waals surface area contributed by atoms with Crippen LogP contribution in [0.5, 0.6) is 0 Å². The van der Waals surface area contributed by atoms with Crippen LogP contribution in [0.1, 0.15) is 44.7 Å². The van der Waals surface area contributed by atoms with Gasteiger partial charge in [-0.15, -0.1) is 24.0 Å². The number of hydrogen-bond donors (Lipinski definition) is 1. The maximum Gasteiger partial charge on any atom is 0.309 e. The normalized spacial score (nSPS) is 15.1. The molecule has 6 nitrogen and oxygen atoms in total. The minimum absolute atomic E-state index is 0. The monoisotopic (exact) mass is 503 g/mol. The van der Waals surface area contributed by atoms with E-state index >= 15 is 0 Å². The van der Waals surface area contributed by atoms with Crippen molar-refractivity contribution in [3.05, 3.63) is 35.4 Å². The second-order valence-electron chi connectivity index (χ2n) is 6.59. The fourth-order valence-corrected chi connectivity index (χ4v) is 3.24. The van der Waals surface area contributed by atoms with Crippen molar-refractivity contribution in [1.29, 1.82) is 0 Å². The third-order valence-corrected chi connectivity index (χ3v) is 4.73. The standard InChI is InChI=1S/C21H33N3O3.HI/c1-4-22-21(24-13-11-17(12-14-24)20(25)27-6-3)23-15-18-9-7-8-10-19(18)16-26-5-2;/h7-10,17H,4-6,11-16H2,1-3H3,(H,22,23);1H. The van der Waals surface area contributed by atoms with Gasteiger partial charge in [0.15, 0.2) is 5.96 Å². The van der Waals surface area contributed by atoms with Crippen LogP contribution in [0.25, 0.3) is 0 Å². The van der Waals surface area contributed by atoms with E-state index in [9.17, 15) is 4.79 Å². The van der Waals surface area contributed by atoms with E-state index in [0.717, 1.165) is 38.4 Å². The molecule has 0 saturated carbocycles. The maximum absolute atomic E-state index is 11.9. The molecule has 2 rings (SSSR count). The molecule has 1 aliphatic heterocycles. The van der Waals surface area contributed by atoms with Crippen LogP contribution in [0.3, 0.4) is 0 Å². The molecule has 1 heterocycles. The molecule has 0 atom stereocenters. The number of piperidine rings is 1. The number of esters is 1. The molecule has 1 saturated heterocycles. The van der Waals surface area contributed by atoms with Crippen LogP contribution in [-0.4, -0.2) is 49.7 Å². The van der Waals surface area contributed by atoms with Gasteiger partial charge in [0.2, 0.25) is 0 Å². The van der Waals surface area contributed by atoms with Crippen LogP contribution < -0.4 is 5.32 Å². The fraction of sp³-hybridized carbons (Fsp3) is 0.619. The number of nitrogens with one attached hydrogen (secondary N) is 1. The van der Waals surface area contributed by atoms with E-state index in [-0.39, 0.29) is 35.9 Å². The van der Waals surface area contributed by atoms with Crippen LogP contribution in [-0.2, 0) is 27.4 Å². The summed E-state index contributed by atoms with van der Waals surface area (Å²) >= 11 is 0. The van der Waals surface area contributed by atoms with Gasteiger partial charge in [-0.2, -0.15) is 0 Å². The van der Waals surface area contributed by atoms with Gasteiger partial charge >= 0.3 is 5.97 Å². The SMILES string of the molecule is CCNC(=NCc1ccccc1COCC)N1CCC(C(=O)OCC)CC1.I. The van der Waals surface area contributed by atoms with E-state index in [1.54, 1.807) is 0 Å². The summed E-state index contributed by atoms with van der Waals surface area (Å²) in [6, 6.07) is 8.28. The van der Waals surface area contributed by atoms with Gasteiger partial charge in [0, 0.05) is 26.2 Å². The van der Waals surface area contributed by atoms with Crippen molar-refractivity contribution in [1.82, 2.24) is 10.2 Å². The Labute approximate surface area is 186 Å². The van der Waals surface area contributed by atoms with Crippen LogP contribution in [0.4, 0.5) is 0 Å². The average molecular weight is 503 g/mol. The Morgan fingerprint density at radius 3 is 2.43 bits per heavy atom. The van der Waals surface area contributed by atoms with Gasteiger partial charge in [0.1, 0.15) is 0 Å². The van der Waals surface area contributed by atoms with Gasteiger partial charge in [-0.3, -0.25) is 4.79 Å². The fourth-order valence-electron chi connectivity index (χ4n) is 3.24. The van der Waals surface area contributed by atoms with Crippen molar-refractivity contribution < 1.29 is 14.3 Å². The second kappa shape index (κ2) is 13.8. The summed E-state index contributed by atoms with van der Waals surface area (Å²) in [6.45, 7) is 10.8. The van der Waals surface area contributed by atoms with E-state index < -0.39 is 0 Å². The Balaban J connectivity index is 0.00000392. The zero-order chi connectivity index (χ0) is 19.5. The lowest BCUT2D eigenvalue weighted by Gasteiger charge is -2.33. The van der Waals surface area contributed by atoms with Crippen molar-refractivity contribution in [2.75, 3.05) is 32.8 Å². The molecule has 0 spiro atoms. The molecule has 1 fully saturated rings. The molecular weight excluding hydrogens is 469 g/mol. The third-order valence-electron chi connectivity index (χ3n) is 4.73. The Bertz CT molecular complexity index is 617. The first-order chi connectivity index (χ1) is 13.2. The van der Waals surface area contributed by atoms with Crippen molar-refractivity contribution >= 4 is 35.9 Å². The van der Waals surface area contributed by atoms with E-state index in [2.05, 4.69) is 29.3 Å². The lowest BCUT2D eigenvalue weighted by molar-refractivity contribution is -0.149. The molecule has 0 bridgehead atoms. The lowest BCUT2D eigenvalue weighted by atomic mass is 9.97. The summed E-state index contributed by atoms with van der Waals surface area (Å²) in [6.07, 6.45) is 1.62. The predicted molar refractivity (Wildman–Crippen MR) is 123 cm³/mol. The van der Waals surface area contributed by atoms with Crippen molar-refractivity contribution in [2.45, 2.75) is 46.8 Å². The number of hydrogen-bond acceptors (Lipinski definition) is 4. The molecule has 158 valence electrons. The molecular formula is C21H34IN3O3. The smallest absolute Gasteiger partial charge is 0.309 e. The highest BCUT2D eigenvalue weighted by molar-refractivity contribution is 14.0. The number of ether oxygens (including phenoxy) is 2. The minimum atomic E-state index is -0.0658. The molecule has 0 unspecified atom stereocenters. The molecule has 0 aliphatic carbocycles. The zero-order valence-electron chi connectivity index (χ0n) is 17.3. The molecule has 0 aromatic heterocycles. The summed E-state index contributed by atoms with van der Waals surface area (Å²) in [4.78, 5) is 19.0. The van der Waals surface area contributed by atoms with Gasteiger partial charge in [0.25, 0.3) is 0 Å². The summed E-state index contributed by atoms with van der Waals surface area (Å²) < 4.78 is 10.7. The number of aliphatic imine (C=N–C) groups is 1. The number of nitrogens with zero attached hydrogens (tertiary/aromatic N) is 2. The Morgan fingerprint density at radius 1 is 1.14 bits per heavy atom. The van der Waals surface area contributed by atoms with Crippen LogP contribution in [0.2, 0.25) is 0 Å². The number of halogens is 1. The molecule has 1 aromatic rings. The van der Waals surface area contributed by atoms with Gasteiger partial charge in [0.05, 0.1) is 25.7 Å². The molecule has 28 heavy (non-hydrogen) atoms. The highest BCUT2D eigenvalue weighted by Crippen LogP contribution is 2.19. The number of benzene rings is 1. The van der Waals surface area contributed by atoms with Crippen molar-refractivity contribution in [3.8, 4) is 0 Å². The van der Waals surface area contributed by atoms with Gasteiger partial charge in [-0.05, 0) is 44.7 Å². The summed E-state index contributed by atoms with van der Waals surface area (Å²) in [5.74, 6) is 0.853. The van der Waals surface area contributed by atoms with E-state index in [4.69, 9.17) is 14.5 Å². The average Bonchev–Trinajstić information content (AvgIpc) is 2.70. The number of carbonyl (C=O) groups is 1. The Morgan fingerprint density at radius 2 is 1.82 bits per heavy atom. The largest absolute Gasteiger partial charge is 0.466 e. The minimum Gasteiger partial charge on any atom is -0.466 e. The van der Waals surface area contributed by atoms with Crippen LogP contribution >= 0.6 is 24.0 Å². The maximum atomic E-state index is 11.9. The summed E-state index contributed by atoms with van der Waals surface area (Å²) in [5, 5.41) is 3.38. The highest BCUT2D eigenvalue weighted by Gasteiger charge is 2.27. The van der Waals surface area contributed by atoms with E-state index in [0.29, 0.717) is 26.4 Å². The van der Waals surface area contributed by atoms with Gasteiger partial charge in [-0.1, -0.05) is 24.3 Å². The topological polar surface area (TPSA) is 63.2 Å². The highest BCUT2D eigenvalue weighted by atomic mass is 127. The first-order valence-electron chi connectivity index (χ1n) is 10.0. The quantitative estimate of drug-likeness (QED) is 0.254. The van der Waals surface area contributed by atoms with Crippen molar-refractivity contribution in [2.24, 2.45) is 10.9 Å². The summed E-state index contributed by atoms with van der Waals surface area (Å²) in [7, 11) is 0. The molecule has 7 heteroatoms. The first kappa shape index (κ1) is 24.7. The number of rotatable bonds is 8. The first-order valence-corrected chi connectivity index (χ1v) is 10.0. The van der Waals surface area contributed by atoms with Crippen LogP contribution in [0.15, 0.2) is 29.3 Å². The summed E-state index contributed by atoms with van der Waals surface area (Å²) in [5.41, 5.74) is 2.36. The van der Waals surface area contributed by atoms with Crippen molar-refractivity contribution in [3.63, 3.8) is 0 Å². The van der Waals surface area contributed by atoms with Crippen LogP contribution in [0, 0.1) is 5.92 Å². The van der Waals surface area contributed by atoms with E-state index in [1.165, 1.54) is 11.1 Å². The predicted octanol–water partition coefficient (Wildman–Crippen LogP) is 3.58. The molecule has 1 N–H and O–H groups in total. The Kier molecular flexibility index (Phi) is 12.1. The second-order valence-corrected chi connectivity index (χ2v) is 6.59. The number of guanidine groups is 1. The van der Waals surface area contributed by atoms with Gasteiger partial charge in [-0.25, -0.2) is 4.99 Å². The number of likely N-dealkylation sites (tertiary alicyclic amines) is 1. The van der Waals surface area contributed by atoms with E-state index in [1.807, 2.05) is 26.0 Å². The third kappa shape index (κ3) is 7.58. The zero-order valence-corrected chi connectivity index (χ0v) is 19.6.